The lowest BCUT2D eigenvalue weighted by Gasteiger charge is -1.98. The van der Waals surface area contributed by atoms with Gasteiger partial charge in [-0.2, -0.15) is 4.98 Å². The van der Waals surface area contributed by atoms with E-state index in [0.29, 0.717) is 23.5 Å². The van der Waals surface area contributed by atoms with Gasteiger partial charge in [-0.3, -0.25) is 9.36 Å². The predicted octanol–water partition coefficient (Wildman–Crippen LogP) is 0.893. The first-order chi connectivity index (χ1) is 7.29. The molecule has 2 aromatic rings. The van der Waals surface area contributed by atoms with Gasteiger partial charge in [0.15, 0.2) is 11.4 Å². The van der Waals surface area contributed by atoms with Gasteiger partial charge < -0.3 is 4.42 Å². The van der Waals surface area contributed by atoms with Crippen LogP contribution in [0.1, 0.15) is 25.1 Å². The van der Waals surface area contributed by atoms with Crippen molar-refractivity contribution in [2.24, 2.45) is 0 Å². The molecule has 0 bridgehead atoms. The Hall–Kier alpha value is -1.65. The van der Waals surface area contributed by atoms with Crippen LogP contribution in [0.5, 0.6) is 0 Å². The fourth-order valence-corrected chi connectivity index (χ4v) is 1.96. The van der Waals surface area contributed by atoms with E-state index in [4.69, 9.17) is 4.42 Å². The third kappa shape index (κ3) is 1.12. The van der Waals surface area contributed by atoms with Crippen LogP contribution in [0.4, 0.5) is 0 Å². The molecule has 0 amide bonds. The first-order valence-corrected chi connectivity index (χ1v) is 5.18. The van der Waals surface area contributed by atoms with E-state index in [2.05, 4.69) is 9.97 Å². The third-order valence-electron chi connectivity index (χ3n) is 2.73. The molecule has 0 spiro atoms. The van der Waals surface area contributed by atoms with Gasteiger partial charge in [-0.25, -0.2) is 4.98 Å². The van der Waals surface area contributed by atoms with Gasteiger partial charge in [-0.15, -0.1) is 0 Å². The Morgan fingerprint density at radius 1 is 1.47 bits per heavy atom. The normalized spacial score (nSPS) is 14.7. The lowest BCUT2D eigenvalue weighted by molar-refractivity contribution is 0.527. The standard InChI is InChI=1S/C10H11N3O2/c1-2-7-12-8-9(15-7)11-6-4-3-5-13(6)10(8)14/h2-5H2,1H3. The lowest BCUT2D eigenvalue weighted by Crippen LogP contribution is -2.20. The molecule has 0 unspecified atom stereocenters. The molecular weight excluding hydrogens is 194 g/mol. The Balaban J connectivity index is 2.38. The fraction of sp³-hybridized carbons (Fsp3) is 0.500. The molecule has 3 rings (SSSR count). The summed E-state index contributed by atoms with van der Waals surface area (Å²) in [5.74, 6) is 1.41. The van der Waals surface area contributed by atoms with Crippen LogP contribution in [0.15, 0.2) is 9.21 Å². The predicted molar refractivity (Wildman–Crippen MR) is 53.8 cm³/mol. The molecular formula is C10H11N3O2. The highest BCUT2D eigenvalue weighted by atomic mass is 16.4. The van der Waals surface area contributed by atoms with E-state index in [1.165, 1.54) is 0 Å². The van der Waals surface area contributed by atoms with Crippen LogP contribution in [0, 0.1) is 0 Å². The van der Waals surface area contributed by atoms with Gasteiger partial charge in [0.1, 0.15) is 5.82 Å². The van der Waals surface area contributed by atoms with Crippen molar-refractivity contribution < 1.29 is 4.42 Å². The Labute approximate surface area is 85.8 Å². The minimum Gasteiger partial charge on any atom is -0.422 e. The van der Waals surface area contributed by atoms with Crippen molar-refractivity contribution in [1.29, 1.82) is 0 Å². The van der Waals surface area contributed by atoms with Crippen LogP contribution in [0.25, 0.3) is 11.2 Å². The summed E-state index contributed by atoms with van der Waals surface area (Å²) < 4.78 is 7.09. The Morgan fingerprint density at radius 3 is 3.13 bits per heavy atom. The van der Waals surface area contributed by atoms with Crippen molar-refractivity contribution in [2.45, 2.75) is 32.7 Å². The second kappa shape index (κ2) is 2.92. The second-order valence-corrected chi connectivity index (χ2v) is 3.70. The number of nitrogens with zero attached hydrogens (tertiary/aromatic N) is 3. The van der Waals surface area contributed by atoms with Crippen molar-refractivity contribution in [3.8, 4) is 0 Å². The molecule has 5 nitrogen and oxygen atoms in total. The minimum atomic E-state index is -0.0593. The number of rotatable bonds is 1. The van der Waals surface area contributed by atoms with Gasteiger partial charge in [0.05, 0.1) is 0 Å². The monoisotopic (exact) mass is 205 g/mol. The van der Waals surface area contributed by atoms with E-state index in [1.807, 2.05) is 6.92 Å². The highest BCUT2D eigenvalue weighted by Crippen LogP contribution is 2.15. The first kappa shape index (κ1) is 8.64. The molecule has 0 N–H and O–H groups in total. The lowest BCUT2D eigenvalue weighted by atomic mass is 10.4. The Bertz CT molecular complexity index is 582. The van der Waals surface area contributed by atoms with Crippen molar-refractivity contribution in [3.05, 3.63) is 22.1 Å². The summed E-state index contributed by atoms with van der Waals surface area (Å²) in [6.07, 6.45) is 2.52. The van der Waals surface area contributed by atoms with Crippen molar-refractivity contribution in [1.82, 2.24) is 14.5 Å². The Kier molecular flexibility index (Phi) is 1.68. The van der Waals surface area contributed by atoms with Crippen LogP contribution >= 0.6 is 0 Å². The molecule has 5 heteroatoms. The highest BCUT2D eigenvalue weighted by molar-refractivity contribution is 5.66. The molecule has 0 saturated carbocycles. The topological polar surface area (TPSA) is 60.9 Å². The highest BCUT2D eigenvalue weighted by Gasteiger charge is 2.19. The molecule has 0 aromatic carbocycles. The van der Waals surface area contributed by atoms with E-state index in [9.17, 15) is 4.79 Å². The number of hydrogen-bond acceptors (Lipinski definition) is 4. The summed E-state index contributed by atoms with van der Waals surface area (Å²) in [5.41, 5.74) is 0.707. The number of aromatic nitrogens is 3. The van der Waals surface area contributed by atoms with Crippen LogP contribution in [-0.4, -0.2) is 14.5 Å². The molecule has 0 saturated heterocycles. The molecule has 78 valence electrons. The summed E-state index contributed by atoms with van der Waals surface area (Å²) in [4.78, 5) is 20.4. The first-order valence-electron chi connectivity index (χ1n) is 5.18. The summed E-state index contributed by atoms with van der Waals surface area (Å²) >= 11 is 0. The average molecular weight is 205 g/mol. The van der Waals surface area contributed by atoms with E-state index in [0.717, 1.165) is 25.2 Å². The van der Waals surface area contributed by atoms with Gasteiger partial charge in [-0.1, -0.05) is 6.92 Å². The summed E-state index contributed by atoms with van der Waals surface area (Å²) in [7, 11) is 0. The number of aryl methyl sites for hydroxylation is 2. The zero-order chi connectivity index (χ0) is 10.4. The van der Waals surface area contributed by atoms with E-state index < -0.39 is 0 Å². The maximum absolute atomic E-state index is 12.0. The van der Waals surface area contributed by atoms with Gasteiger partial charge in [0.25, 0.3) is 11.3 Å². The second-order valence-electron chi connectivity index (χ2n) is 3.70. The minimum absolute atomic E-state index is 0.0593. The number of fused-ring (bicyclic) bond motifs is 2. The molecule has 0 atom stereocenters. The van der Waals surface area contributed by atoms with Crippen molar-refractivity contribution >= 4 is 11.2 Å². The maximum atomic E-state index is 12.0. The van der Waals surface area contributed by atoms with Crippen LogP contribution < -0.4 is 5.56 Å². The zero-order valence-electron chi connectivity index (χ0n) is 8.49. The van der Waals surface area contributed by atoms with E-state index in [1.54, 1.807) is 4.57 Å². The summed E-state index contributed by atoms with van der Waals surface area (Å²) in [6, 6.07) is 0. The molecule has 0 radical (unpaired) electrons. The molecule has 15 heavy (non-hydrogen) atoms. The van der Waals surface area contributed by atoms with Gasteiger partial charge in [0.2, 0.25) is 0 Å². The molecule has 1 aliphatic rings. The number of oxazole rings is 1. The Morgan fingerprint density at radius 2 is 2.33 bits per heavy atom. The van der Waals surface area contributed by atoms with Crippen LogP contribution in [0.3, 0.4) is 0 Å². The largest absolute Gasteiger partial charge is 0.422 e. The summed E-state index contributed by atoms with van der Waals surface area (Å²) in [5, 5.41) is 0. The quantitative estimate of drug-likeness (QED) is 0.693. The third-order valence-corrected chi connectivity index (χ3v) is 2.73. The smallest absolute Gasteiger partial charge is 0.283 e. The maximum Gasteiger partial charge on any atom is 0.283 e. The van der Waals surface area contributed by atoms with Gasteiger partial charge >= 0.3 is 0 Å². The van der Waals surface area contributed by atoms with Crippen LogP contribution in [0.2, 0.25) is 0 Å². The fourth-order valence-electron chi connectivity index (χ4n) is 1.96. The molecule has 0 fully saturated rings. The van der Waals surface area contributed by atoms with E-state index in [-0.39, 0.29) is 5.56 Å². The van der Waals surface area contributed by atoms with Gasteiger partial charge in [0, 0.05) is 19.4 Å². The molecule has 3 heterocycles. The van der Waals surface area contributed by atoms with Crippen LogP contribution in [-0.2, 0) is 19.4 Å². The molecule has 0 aliphatic carbocycles. The van der Waals surface area contributed by atoms with E-state index >= 15 is 0 Å². The zero-order valence-corrected chi connectivity index (χ0v) is 8.49. The van der Waals surface area contributed by atoms with Gasteiger partial charge in [-0.05, 0) is 6.42 Å². The average Bonchev–Trinajstić information content (AvgIpc) is 2.83. The number of hydrogen-bond donors (Lipinski definition) is 0. The molecule has 2 aromatic heterocycles. The van der Waals surface area contributed by atoms with Crippen molar-refractivity contribution in [3.63, 3.8) is 0 Å². The molecule has 1 aliphatic heterocycles. The van der Waals surface area contributed by atoms with Crippen molar-refractivity contribution in [2.75, 3.05) is 0 Å². The summed E-state index contributed by atoms with van der Waals surface area (Å²) in [6.45, 7) is 2.70. The SMILES string of the molecule is CCc1nc2c(=O)n3c(nc2o1)CCC3.